The molecule has 0 bridgehead atoms. The lowest BCUT2D eigenvalue weighted by molar-refractivity contribution is -0.00000469. The zero-order valence-electron chi connectivity index (χ0n) is 12.6. The maximum absolute atomic E-state index is 8.83. The Bertz CT molecular complexity index is 445. The summed E-state index contributed by atoms with van der Waals surface area (Å²) in [6.07, 6.45) is 1.12. The monoisotopic (exact) mass is 298 g/mol. The van der Waals surface area contributed by atoms with Crippen LogP contribution in [0, 0.1) is 5.39 Å². The number of diazo groups is 1. The molecule has 0 heterocycles. The summed E-state index contributed by atoms with van der Waals surface area (Å²) in [6, 6.07) is 5.41. The molecular weight excluding hydrogens is 276 g/mol. The summed E-state index contributed by atoms with van der Waals surface area (Å²) < 4.78 is 5.33. The van der Waals surface area contributed by atoms with Crippen LogP contribution in [0.1, 0.15) is 12.0 Å². The molecule has 0 unspecified atom stereocenters. The van der Waals surface area contributed by atoms with Gasteiger partial charge in [0.1, 0.15) is 5.75 Å². The summed E-state index contributed by atoms with van der Waals surface area (Å²) in [4.78, 5) is 7.64. The molecule has 0 aliphatic rings. The number of benzene rings is 1. The van der Waals surface area contributed by atoms with E-state index in [-0.39, 0.29) is 12.4 Å². The molecule has 0 radical (unpaired) electrons. The fourth-order valence-corrected chi connectivity index (χ4v) is 1.98. The van der Waals surface area contributed by atoms with Crippen molar-refractivity contribution in [2.24, 2.45) is 0 Å². The van der Waals surface area contributed by atoms with Crippen LogP contribution in [0.3, 0.4) is 0 Å². The van der Waals surface area contributed by atoms with E-state index in [1.165, 1.54) is 0 Å². The van der Waals surface area contributed by atoms with Crippen LogP contribution >= 0.6 is 0 Å². The quantitative estimate of drug-likeness (QED) is 0.641. The molecule has 6 heteroatoms. The van der Waals surface area contributed by atoms with Gasteiger partial charge in [-0.15, -0.1) is 0 Å². The second-order valence-corrected chi connectivity index (χ2v) is 4.99. The second kappa shape index (κ2) is 9.54. The number of nitrogens with zero attached hydrogens (tertiary/aromatic N) is 4. The highest BCUT2D eigenvalue weighted by Crippen LogP contribution is 2.25. The van der Waals surface area contributed by atoms with E-state index < -0.39 is 0 Å². The summed E-state index contributed by atoms with van der Waals surface area (Å²) in [5.41, 5.74) is 1.59. The molecule has 0 saturated heterocycles. The van der Waals surface area contributed by atoms with Crippen LogP contribution in [0.4, 0.5) is 5.69 Å². The summed E-state index contributed by atoms with van der Waals surface area (Å²) in [5, 5.41) is 8.83. The third kappa shape index (κ3) is 6.20. The Morgan fingerprint density at radius 2 is 1.90 bits per heavy atom. The van der Waals surface area contributed by atoms with Gasteiger partial charge in [0, 0.05) is 24.2 Å². The van der Waals surface area contributed by atoms with Crippen LogP contribution < -0.4 is 17.1 Å². The van der Waals surface area contributed by atoms with Crippen LogP contribution in [0.25, 0.3) is 4.98 Å². The molecule has 0 aromatic heterocycles. The highest BCUT2D eigenvalue weighted by molar-refractivity contribution is 5.51. The SMILES string of the molecule is COc1ccc([N+]#N)cc1CN(C)CCCN(C)C.[Cl-]. The summed E-state index contributed by atoms with van der Waals surface area (Å²) in [6.45, 7) is 2.87. The molecule has 0 saturated carbocycles. The first-order valence-electron chi connectivity index (χ1n) is 6.42. The molecule has 0 aliphatic heterocycles. The zero-order chi connectivity index (χ0) is 14.3. The van der Waals surface area contributed by atoms with Crippen molar-refractivity contribution < 1.29 is 17.1 Å². The molecule has 0 atom stereocenters. The molecule has 1 rings (SSSR count). The van der Waals surface area contributed by atoms with Crippen LogP contribution in [-0.2, 0) is 6.54 Å². The summed E-state index contributed by atoms with van der Waals surface area (Å²) in [5.74, 6) is 0.826. The topological polar surface area (TPSA) is 43.9 Å². The van der Waals surface area contributed by atoms with Gasteiger partial charge >= 0.3 is 5.69 Å². The predicted molar refractivity (Wildman–Crippen MR) is 77.2 cm³/mol. The van der Waals surface area contributed by atoms with E-state index in [1.807, 2.05) is 12.1 Å². The standard InChI is InChI=1S/C14H23N4O.ClH/c1-17(2)8-5-9-18(3)11-12-10-13(16-15)6-7-14(12)19-4;/h6-7,10H,5,8-9,11H2,1-4H3;1H/q+1;/p-1. The van der Waals surface area contributed by atoms with Crippen molar-refractivity contribution in [3.63, 3.8) is 0 Å². The predicted octanol–water partition coefficient (Wildman–Crippen LogP) is -0.433. The number of hydrogen-bond donors (Lipinski definition) is 0. The second-order valence-electron chi connectivity index (χ2n) is 4.99. The van der Waals surface area contributed by atoms with Gasteiger partial charge in [-0.3, -0.25) is 0 Å². The minimum atomic E-state index is 0. The van der Waals surface area contributed by atoms with E-state index in [2.05, 4.69) is 35.9 Å². The molecule has 20 heavy (non-hydrogen) atoms. The lowest BCUT2D eigenvalue weighted by Gasteiger charge is -2.19. The van der Waals surface area contributed by atoms with Crippen molar-refractivity contribution in [2.45, 2.75) is 13.0 Å². The third-order valence-electron chi connectivity index (χ3n) is 2.96. The highest BCUT2D eigenvalue weighted by atomic mass is 35.5. The fraction of sp³-hybridized carbons (Fsp3) is 0.571. The van der Waals surface area contributed by atoms with E-state index in [0.717, 1.165) is 37.4 Å². The Labute approximate surface area is 127 Å². The molecule has 0 amide bonds. The van der Waals surface area contributed by atoms with Gasteiger partial charge in [0.25, 0.3) is 0 Å². The molecule has 0 spiro atoms. The van der Waals surface area contributed by atoms with Crippen LogP contribution in [-0.4, -0.2) is 51.1 Å². The molecule has 1 aromatic carbocycles. The number of rotatable bonds is 7. The smallest absolute Gasteiger partial charge is 0.385 e. The molecule has 1 aromatic rings. The van der Waals surface area contributed by atoms with Gasteiger partial charge in [-0.25, -0.2) is 0 Å². The Kier molecular flexibility index (Phi) is 8.89. The Balaban J connectivity index is 0.00000361. The van der Waals surface area contributed by atoms with Gasteiger partial charge in [-0.2, -0.15) is 0 Å². The Morgan fingerprint density at radius 1 is 1.20 bits per heavy atom. The zero-order valence-corrected chi connectivity index (χ0v) is 13.4. The van der Waals surface area contributed by atoms with Crippen molar-refractivity contribution >= 4 is 5.69 Å². The average Bonchev–Trinajstić information content (AvgIpc) is 2.38. The molecule has 112 valence electrons. The van der Waals surface area contributed by atoms with Crippen molar-refractivity contribution in [1.82, 2.24) is 9.80 Å². The van der Waals surface area contributed by atoms with Crippen LogP contribution in [0.15, 0.2) is 18.2 Å². The summed E-state index contributed by atoms with van der Waals surface area (Å²) in [7, 11) is 7.89. The van der Waals surface area contributed by atoms with Gasteiger partial charge in [-0.1, -0.05) is 0 Å². The maximum Gasteiger partial charge on any atom is 0.385 e. The van der Waals surface area contributed by atoms with Crippen LogP contribution in [0.5, 0.6) is 5.75 Å². The average molecular weight is 299 g/mol. The molecule has 0 fully saturated rings. The number of halogens is 1. The van der Waals surface area contributed by atoms with E-state index in [1.54, 1.807) is 13.2 Å². The minimum absolute atomic E-state index is 0. The lowest BCUT2D eigenvalue weighted by Crippen LogP contribution is -3.00. The van der Waals surface area contributed by atoms with Gasteiger partial charge in [0.05, 0.1) is 7.11 Å². The van der Waals surface area contributed by atoms with Gasteiger partial charge in [0.2, 0.25) is 5.39 Å². The van der Waals surface area contributed by atoms with Crippen molar-refractivity contribution in [1.29, 1.82) is 5.39 Å². The van der Waals surface area contributed by atoms with E-state index in [4.69, 9.17) is 10.1 Å². The van der Waals surface area contributed by atoms with Crippen LogP contribution in [0.2, 0.25) is 0 Å². The summed E-state index contributed by atoms with van der Waals surface area (Å²) >= 11 is 0. The van der Waals surface area contributed by atoms with E-state index in [9.17, 15) is 0 Å². The molecular formula is C14H23ClN4O. The highest BCUT2D eigenvalue weighted by Gasteiger charge is 2.12. The molecule has 0 N–H and O–H groups in total. The van der Waals surface area contributed by atoms with E-state index >= 15 is 0 Å². The van der Waals surface area contributed by atoms with Gasteiger partial charge in [-0.05, 0) is 46.7 Å². The van der Waals surface area contributed by atoms with Crippen molar-refractivity contribution in [3.8, 4) is 5.75 Å². The number of methoxy groups -OCH3 is 1. The first-order chi connectivity index (χ1) is 9.06. The van der Waals surface area contributed by atoms with E-state index in [0.29, 0.717) is 5.69 Å². The first kappa shape index (κ1) is 18.7. The number of ether oxygens (including phenoxy) is 1. The normalized spacial score (nSPS) is 10.2. The molecule has 0 aliphatic carbocycles. The van der Waals surface area contributed by atoms with Gasteiger partial charge in [0.15, 0.2) is 4.98 Å². The van der Waals surface area contributed by atoms with Crippen molar-refractivity contribution in [2.75, 3.05) is 41.3 Å². The van der Waals surface area contributed by atoms with Gasteiger partial charge < -0.3 is 26.9 Å². The fourth-order valence-electron chi connectivity index (χ4n) is 1.98. The van der Waals surface area contributed by atoms with Crippen molar-refractivity contribution in [3.05, 3.63) is 28.7 Å². The third-order valence-corrected chi connectivity index (χ3v) is 2.96. The number of hydrogen-bond acceptors (Lipinski definition) is 4. The lowest BCUT2D eigenvalue weighted by atomic mass is 10.1. The Hall–Kier alpha value is -1.35. The Morgan fingerprint density at radius 3 is 2.45 bits per heavy atom. The maximum atomic E-state index is 8.83. The first-order valence-corrected chi connectivity index (χ1v) is 6.42. The molecule has 5 nitrogen and oxygen atoms in total. The minimum Gasteiger partial charge on any atom is -1.00 e. The largest absolute Gasteiger partial charge is 1.00 e.